The molecule has 0 radical (unpaired) electrons. The first-order chi connectivity index (χ1) is 20.0. The van der Waals surface area contributed by atoms with Crippen molar-refractivity contribution in [2.45, 2.75) is 13.1 Å². The summed E-state index contributed by atoms with van der Waals surface area (Å²) < 4.78 is 45.7. The number of alkyl halides is 3. The third-order valence-electron chi connectivity index (χ3n) is 6.55. The van der Waals surface area contributed by atoms with E-state index in [0.29, 0.717) is 55.4 Å². The van der Waals surface area contributed by atoms with Crippen molar-refractivity contribution < 1.29 is 37.3 Å². The number of aromatic nitrogens is 2. The molecular formula is C28H29F3N4O6S. The number of amides is 1. The van der Waals surface area contributed by atoms with Crippen LogP contribution in [-0.2, 0) is 16.6 Å². The SMILES string of the molecule is CCOCCOc1c(C(=O)N2CCN(c3ccccn3)CC2)sc2c1c(=O)n(C)c1ccccc21.O=C(O)C(F)(F)F. The molecule has 10 nitrogen and oxygen atoms in total. The van der Waals surface area contributed by atoms with E-state index in [1.807, 2.05) is 54.3 Å². The Kier molecular flexibility index (Phi) is 9.68. The first-order valence-corrected chi connectivity index (χ1v) is 13.9. The highest BCUT2D eigenvalue weighted by atomic mass is 32.1. The lowest BCUT2D eigenvalue weighted by Gasteiger charge is -2.35. The maximum atomic E-state index is 13.7. The first kappa shape index (κ1) is 30.8. The molecule has 1 saturated heterocycles. The third-order valence-corrected chi connectivity index (χ3v) is 7.74. The van der Waals surface area contributed by atoms with Crippen molar-refractivity contribution in [3.63, 3.8) is 0 Å². The number of piperazine rings is 1. The first-order valence-electron chi connectivity index (χ1n) is 13.0. The number of carboxylic acid groups (broad SMARTS) is 1. The smallest absolute Gasteiger partial charge is 0.489 e. The number of aliphatic carboxylic acids is 1. The van der Waals surface area contributed by atoms with E-state index in [1.165, 1.54) is 11.3 Å². The summed E-state index contributed by atoms with van der Waals surface area (Å²) in [5.74, 6) is -1.58. The second-order valence-corrected chi connectivity index (χ2v) is 10.2. The summed E-state index contributed by atoms with van der Waals surface area (Å²) in [7, 11) is 1.75. The molecule has 4 aromatic rings. The molecule has 0 saturated carbocycles. The fourth-order valence-electron chi connectivity index (χ4n) is 4.48. The van der Waals surface area contributed by atoms with Crippen LogP contribution >= 0.6 is 11.3 Å². The Hall–Kier alpha value is -4.17. The number of fused-ring (bicyclic) bond motifs is 3. The minimum absolute atomic E-state index is 0.107. The fraction of sp³-hybridized carbons (Fsp3) is 0.357. The summed E-state index contributed by atoms with van der Waals surface area (Å²) in [5, 5.41) is 8.52. The van der Waals surface area contributed by atoms with Crippen LogP contribution in [0.2, 0.25) is 0 Å². The molecule has 3 aromatic heterocycles. The van der Waals surface area contributed by atoms with Crippen molar-refractivity contribution in [3.05, 3.63) is 63.9 Å². The molecule has 0 bridgehead atoms. The van der Waals surface area contributed by atoms with Crippen molar-refractivity contribution in [1.82, 2.24) is 14.5 Å². The summed E-state index contributed by atoms with van der Waals surface area (Å²) in [4.78, 5) is 44.9. The van der Waals surface area contributed by atoms with Crippen molar-refractivity contribution >= 4 is 50.0 Å². The molecule has 1 N–H and O–H groups in total. The molecule has 1 aliphatic rings. The van der Waals surface area contributed by atoms with E-state index < -0.39 is 12.1 Å². The van der Waals surface area contributed by atoms with E-state index in [1.54, 1.807) is 17.8 Å². The minimum atomic E-state index is -5.08. The summed E-state index contributed by atoms with van der Waals surface area (Å²) in [5.41, 5.74) is 0.662. The second-order valence-electron chi connectivity index (χ2n) is 9.16. The van der Waals surface area contributed by atoms with Crippen molar-refractivity contribution in [2.24, 2.45) is 7.05 Å². The molecule has 0 unspecified atom stereocenters. The molecule has 1 aromatic carbocycles. The van der Waals surface area contributed by atoms with Crippen molar-refractivity contribution in [2.75, 3.05) is 50.9 Å². The van der Waals surface area contributed by atoms with Gasteiger partial charge in [0, 0.05) is 51.4 Å². The molecule has 1 aliphatic heterocycles. The van der Waals surface area contributed by atoms with Crippen LogP contribution in [-0.4, -0.2) is 83.6 Å². The second kappa shape index (κ2) is 13.2. The molecule has 14 heteroatoms. The summed E-state index contributed by atoms with van der Waals surface area (Å²) >= 11 is 1.34. The summed E-state index contributed by atoms with van der Waals surface area (Å²) in [6.45, 7) is 5.68. The number of nitrogens with zero attached hydrogens (tertiary/aromatic N) is 4. The number of hydrogen-bond donors (Lipinski definition) is 1. The Labute approximate surface area is 242 Å². The van der Waals surface area contributed by atoms with Gasteiger partial charge in [0.1, 0.15) is 22.7 Å². The maximum Gasteiger partial charge on any atom is 0.490 e. The van der Waals surface area contributed by atoms with Gasteiger partial charge in [-0.3, -0.25) is 9.59 Å². The Morgan fingerprint density at radius 3 is 2.33 bits per heavy atom. The number of anilines is 1. The number of hydrogen-bond acceptors (Lipinski definition) is 8. The number of benzene rings is 1. The number of carbonyl (C=O) groups excluding carboxylic acids is 1. The molecule has 5 rings (SSSR count). The Bertz CT molecular complexity index is 1620. The van der Waals surface area contributed by atoms with Gasteiger partial charge < -0.3 is 28.9 Å². The molecule has 224 valence electrons. The van der Waals surface area contributed by atoms with E-state index in [9.17, 15) is 22.8 Å². The number of rotatable bonds is 7. The molecule has 0 spiro atoms. The van der Waals surface area contributed by atoms with Crippen LogP contribution in [0.5, 0.6) is 5.75 Å². The topological polar surface area (TPSA) is 114 Å². The molecule has 42 heavy (non-hydrogen) atoms. The van der Waals surface area contributed by atoms with Gasteiger partial charge in [-0.2, -0.15) is 13.2 Å². The number of para-hydroxylation sites is 1. The standard InChI is InChI=1S/C26H28N4O4S.C2HF3O2/c1-3-33-16-17-34-22-21-23(18-8-4-5-9-19(18)28(2)25(21)31)35-24(22)26(32)30-14-12-29(13-15-30)20-10-6-7-11-27-20;3-2(4,5)1(6)7/h4-11H,3,12-17H2,1-2H3;(H,6,7). The molecule has 1 fully saturated rings. The van der Waals surface area contributed by atoms with Crippen LogP contribution in [0, 0.1) is 0 Å². The number of aryl methyl sites for hydroxylation is 1. The Balaban J connectivity index is 0.000000517. The lowest BCUT2D eigenvalue weighted by molar-refractivity contribution is -0.192. The number of carboxylic acids is 1. The lowest BCUT2D eigenvalue weighted by atomic mass is 10.1. The molecule has 0 aliphatic carbocycles. The zero-order valence-corrected chi connectivity index (χ0v) is 23.7. The van der Waals surface area contributed by atoms with Gasteiger partial charge in [-0.15, -0.1) is 11.3 Å². The third kappa shape index (κ3) is 6.65. The van der Waals surface area contributed by atoms with E-state index in [0.717, 1.165) is 21.4 Å². The number of carbonyl (C=O) groups is 2. The van der Waals surface area contributed by atoms with Gasteiger partial charge >= 0.3 is 12.1 Å². The summed E-state index contributed by atoms with van der Waals surface area (Å²) in [6, 6.07) is 13.6. The lowest BCUT2D eigenvalue weighted by Crippen LogP contribution is -2.49. The van der Waals surface area contributed by atoms with Crippen LogP contribution < -0.4 is 15.2 Å². The Morgan fingerprint density at radius 1 is 1.05 bits per heavy atom. The van der Waals surface area contributed by atoms with Gasteiger partial charge in [-0.25, -0.2) is 9.78 Å². The average Bonchev–Trinajstić information content (AvgIpc) is 3.38. The van der Waals surface area contributed by atoms with Crippen molar-refractivity contribution in [1.29, 1.82) is 0 Å². The molecular weight excluding hydrogens is 577 g/mol. The van der Waals surface area contributed by atoms with Gasteiger partial charge in [-0.05, 0) is 25.1 Å². The highest BCUT2D eigenvalue weighted by Crippen LogP contribution is 2.40. The van der Waals surface area contributed by atoms with Gasteiger partial charge in [0.15, 0.2) is 5.75 Å². The van der Waals surface area contributed by atoms with Gasteiger partial charge in [0.2, 0.25) is 0 Å². The summed E-state index contributed by atoms with van der Waals surface area (Å²) in [6.07, 6.45) is -3.30. The van der Waals surface area contributed by atoms with Crippen molar-refractivity contribution in [3.8, 4) is 5.75 Å². The van der Waals surface area contributed by atoms with E-state index >= 15 is 0 Å². The van der Waals surface area contributed by atoms with Crippen LogP contribution in [0.1, 0.15) is 16.6 Å². The number of ether oxygens (including phenoxy) is 2. The predicted octanol–water partition coefficient (Wildman–Crippen LogP) is 4.16. The largest absolute Gasteiger partial charge is 0.490 e. The van der Waals surface area contributed by atoms with Crippen LogP contribution in [0.15, 0.2) is 53.5 Å². The average molecular weight is 607 g/mol. The van der Waals surface area contributed by atoms with Gasteiger partial charge in [-0.1, -0.05) is 24.3 Å². The van der Waals surface area contributed by atoms with E-state index in [-0.39, 0.29) is 18.1 Å². The molecule has 1 amide bonds. The molecule has 4 heterocycles. The van der Waals surface area contributed by atoms with E-state index in [2.05, 4.69) is 9.88 Å². The number of pyridine rings is 2. The Morgan fingerprint density at radius 2 is 1.71 bits per heavy atom. The number of halogens is 3. The maximum absolute atomic E-state index is 13.7. The highest BCUT2D eigenvalue weighted by Gasteiger charge is 2.38. The minimum Gasteiger partial charge on any atom is -0.489 e. The quantitative estimate of drug-likeness (QED) is 0.312. The monoisotopic (exact) mass is 606 g/mol. The molecule has 0 atom stereocenters. The zero-order valence-electron chi connectivity index (χ0n) is 22.9. The van der Waals surface area contributed by atoms with Crippen LogP contribution in [0.3, 0.4) is 0 Å². The van der Waals surface area contributed by atoms with Crippen LogP contribution in [0.4, 0.5) is 19.0 Å². The van der Waals surface area contributed by atoms with Gasteiger partial charge in [0.25, 0.3) is 11.5 Å². The van der Waals surface area contributed by atoms with Crippen LogP contribution in [0.25, 0.3) is 21.0 Å². The normalized spacial score (nSPS) is 13.6. The van der Waals surface area contributed by atoms with Gasteiger partial charge in [0.05, 0.1) is 16.8 Å². The zero-order chi connectivity index (χ0) is 30.4. The number of thiophene rings is 1. The van der Waals surface area contributed by atoms with E-state index in [4.69, 9.17) is 19.4 Å². The highest BCUT2D eigenvalue weighted by molar-refractivity contribution is 7.22. The predicted molar refractivity (Wildman–Crippen MR) is 153 cm³/mol. The fourth-order valence-corrected chi connectivity index (χ4v) is 5.72.